The largest absolute Gasteiger partial charge is 0.387 e. The van der Waals surface area contributed by atoms with Crippen molar-refractivity contribution >= 4 is 62.4 Å². The van der Waals surface area contributed by atoms with Gasteiger partial charge in [0.2, 0.25) is 5.78 Å². The van der Waals surface area contributed by atoms with Crippen molar-refractivity contribution in [2.75, 3.05) is 12.4 Å². The molecule has 0 radical (unpaired) electrons. The Morgan fingerprint density at radius 3 is 2.37 bits per heavy atom. The summed E-state index contributed by atoms with van der Waals surface area (Å²) in [5.41, 5.74) is 5.42. The summed E-state index contributed by atoms with van der Waals surface area (Å²) in [6.45, 7) is 6.04. The quantitative estimate of drug-likeness (QED) is 0.0665. The van der Waals surface area contributed by atoms with Crippen LogP contribution < -0.4 is 0 Å². The van der Waals surface area contributed by atoms with Crippen molar-refractivity contribution in [3.05, 3.63) is 112 Å². The fraction of sp³-hybridized carbons (Fsp3) is 0.229. The van der Waals surface area contributed by atoms with E-state index >= 15 is 0 Å². The molecular formula is C35H33ClN2O4S. The van der Waals surface area contributed by atoms with E-state index in [4.69, 9.17) is 16.4 Å². The molecule has 4 aromatic carbocycles. The number of rotatable bonds is 12. The maximum Gasteiger partial charge on any atom is 0.210 e. The Labute approximate surface area is 260 Å². The Bertz CT molecular complexity index is 1830. The lowest BCUT2D eigenvalue weighted by atomic mass is 9.96. The number of oxime groups is 1. The fourth-order valence-corrected chi connectivity index (χ4v) is 6.20. The third kappa shape index (κ3) is 6.85. The van der Waals surface area contributed by atoms with Crippen molar-refractivity contribution in [3.8, 4) is 0 Å². The zero-order chi connectivity index (χ0) is 30.5. The molecule has 0 amide bonds. The summed E-state index contributed by atoms with van der Waals surface area (Å²) in [6, 6.07) is 27.0. The second kappa shape index (κ2) is 13.6. The molecule has 0 saturated heterocycles. The first-order valence-electron chi connectivity index (χ1n) is 14.2. The number of carbonyl (C=O) groups is 2. The monoisotopic (exact) mass is 612 g/mol. The van der Waals surface area contributed by atoms with Crippen LogP contribution in [0.15, 0.2) is 95.0 Å². The molecule has 1 heterocycles. The van der Waals surface area contributed by atoms with Crippen molar-refractivity contribution in [1.82, 2.24) is 4.57 Å². The maximum atomic E-state index is 13.8. The standard InChI is InChI=1S/C35H33ClN2O4S/c1-4-38-32-15-9-24(34(40)28-8-6-5-7-22(28)2)19-29(32)30-20-25(10-16-33(30)38)35(41)31(37-42-21-23(3)39)17-18-43-27-13-11-26(36)12-14-27/h5-16,19-20,34,40H,4,17-18,21H2,1-3H3. The van der Waals surface area contributed by atoms with E-state index in [1.54, 1.807) is 11.8 Å². The van der Waals surface area contributed by atoms with Gasteiger partial charge in [-0.15, -0.1) is 11.8 Å². The molecule has 220 valence electrons. The molecule has 8 heteroatoms. The number of aromatic nitrogens is 1. The Hall–Kier alpha value is -3.91. The highest BCUT2D eigenvalue weighted by molar-refractivity contribution is 7.99. The van der Waals surface area contributed by atoms with E-state index in [1.165, 1.54) is 6.92 Å². The molecule has 0 fully saturated rings. The normalized spacial score (nSPS) is 12.5. The number of aliphatic hydroxyl groups excluding tert-OH is 1. The summed E-state index contributed by atoms with van der Waals surface area (Å²) >= 11 is 7.59. The summed E-state index contributed by atoms with van der Waals surface area (Å²) in [4.78, 5) is 31.5. The molecule has 43 heavy (non-hydrogen) atoms. The van der Waals surface area contributed by atoms with E-state index in [0.717, 1.165) is 49.9 Å². The number of nitrogens with zero attached hydrogens (tertiary/aromatic N) is 2. The van der Waals surface area contributed by atoms with Crippen molar-refractivity contribution in [2.45, 2.75) is 44.7 Å². The first kappa shape index (κ1) is 30.5. The molecular weight excluding hydrogens is 580 g/mol. The summed E-state index contributed by atoms with van der Waals surface area (Å²) in [6.07, 6.45) is -0.420. The van der Waals surface area contributed by atoms with Crippen LogP contribution in [0.2, 0.25) is 5.02 Å². The van der Waals surface area contributed by atoms with Crippen LogP contribution in [-0.4, -0.2) is 39.3 Å². The average molecular weight is 613 g/mol. The third-order valence-electron chi connectivity index (χ3n) is 7.39. The van der Waals surface area contributed by atoms with Gasteiger partial charge in [0, 0.05) is 56.0 Å². The molecule has 0 saturated carbocycles. The van der Waals surface area contributed by atoms with E-state index in [0.29, 0.717) is 22.8 Å². The van der Waals surface area contributed by atoms with E-state index in [-0.39, 0.29) is 23.9 Å². The predicted molar refractivity (Wildman–Crippen MR) is 176 cm³/mol. The van der Waals surface area contributed by atoms with Crippen molar-refractivity contribution in [3.63, 3.8) is 0 Å². The Kier molecular flexibility index (Phi) is 9.65. The molecule has 5 rings (SSSR count). The molecule has 0 aliphatic rings. The number of hydrogen-bond acceptors (Lipinski definition) is 6. The van der Waals surface area contributed by atoms with Crippen molar-refractivity contribution in [2.24, 2.45) is 5.16 Å². The van der Waals surface area contributed by atoms with Gasteiger partial charge in [0.25, 0.3) is 0 Å². The maximum absolute atomic E-state index is 13.8. The summed E-state index contributed by atoms with van der Waals surface area (Å²) in [5, 5.41) is 17.9. The first-order chi connectivity index (χ1) is 20.8. The number of aliphatic hydroxyl groups is 1. The zero-order valence-electron chi connectivity index (χ0n) is 24.3. The smallest absolute Gasteiger partial charge is 0.210 e. The molecule has 1 unspecified atom stereocenters. The highest BCUT2D eigenvalue weighted by Gasteiger charge is 2.20. The number of fused-ring (bicyclic) bond motifs is 3. The van der Waals surface area contributed by atoms with Gasteiger partial charge in [-0.05, 0) is 92.1 Å². The van der Waals surface area contributed by atoms with Gasteiger partial charge in [-0.25, -0.2) is 0 Å². The second-order valence-electron chi connectivity index (χ2n) is 10.4. The van der Waals surface area contributed by atoms with Gasteiger partial charge in [0.1, 0.15) is 11.8 Å². The lowest BCUT2D eigenvalue weighted by Crippen LogP contribution is -2.17. The van der Waals surface area contributed by atoms with E-state index in [1.807, 2.05) is 91.9 Å². The Balaban J connectivity index is 1.49. The summed E-state index contributed by atoms with van der Waals surface area (Å²) < 4.78 is 2.20. The summed E-state index contributed by atoms with van der Waals surface area (Å²) in [7, 11) is 0. The number of benzene rings is 4. The van der Waals surface area contributed by atoms with Crippen LogP contribution in [0.4, 0.5) is 0 Å². The van der Waals surface area contributed by atoms with Crippen LogP contribution >= 0.6 is 23.4 Å². The molecule has 5 aromatic rings. The van der Waals surface area contributed by atoms with Gasteiger partial charge in [0.05, 0.1) is 0 Å². The van der Waals surface area contributed by atoms with Gasteiger partial charge in [-0.3, -0.25) is 9.59 Å². The SMILES string of the molecule is CCn1c2ccc(C(=O)C(CCSc3ccc(Cl)cc3)=NOCC(C)=O)cc2c2cc(C(O)c3ccccc3C)ccc21. The van der Waals surface area contributed by atoms with E-state index in [9.17, 15) is 14.7 Å². The molecule has 1 aromatic heterocycles. The van der Waals surface area contributed by atoms with Gasteiger partial charge in [-0.2, -0.15) is 0 Å². The minimum absolute atomic E-state index is 0.177. The number of carbonyl (C=O) groups excluding carboxylic acids is 2. The van der Waals surface area contributed by atoms with Crippen molar-refractivity contribution in [1.29, 1.82) is 0 Å². The Morgan fingerprint density at radius 2 is 1.67 bits per heavy atom. The minimum atomic E-state index is -0.772. The third-order valence-corrected chi connectivity index (χ3v) is 8.66. The minimum Gasteiger partial charge on any atom is -0.387 e. The van der Waals surface area contributed by atoms with Crippen LogP contribution in [0, 0.1) is 6.92 Å². The molecule has 6 nitrogen and oxygen atoms in total. The van der Waals surface area contributed by atoms with Crippen LogP contribution in [0.5, 0.6) is 0 Å². The fourth-order valence-electron chi connectivity index (χ4n) is 5.21. The van der Waals surface area contributed by atoms with Crippen LogP contribution in [0.3, 0.4) is 0 Å². The van der Waals surface area contributed by atoms with Gasteiger partial charge >= 0.3 is 0 Å². The first-order valence-corrected chi connectivity index (χ1v) is 15.5. The number of Topliss-reactive ketones (excluding diaryl/α,β-unsaturated/α-hetero) is 2. The zero-order valence-corrected chi connectivity index (χ0v) is 25.9. The van der Waals surface area contributed by atoms with E-state index in [2.05, 4.69) is 16.6 Å². The van der Waals surface area contributed by atoms with E-state index < -0.39 is 6.10 Å². The highest BCUT2D eigenvalue weighted by atomic mass is 35.5. The molecule has 0 bridgehead atoms. The molecule has 0 aliphatic carbocycles. The second-order valence-corrected chi connectivity index (χ2v) is 12.0. The van der Waals surface area contributed by atoms with Gasteiger partial charge in [-0.1, -0.05) is 47.1 Å². The molecule has 1 N–H and O–H groups in total. The van der Waals surface area contributed by atoms with Crippen LogP contribution in [0.25, 0.3) is 21.8 Å². The molecule has 1 atom stereocenters. The predicted octanol–water partition coefficient (Wildman–Crippen LogP) is 8.18. The number of halogens is 1. The van der Waals surface area contributed by atoms with Crippen LogP contribution in [0.1, 0.15) is 53.4 Å². The lowest BCUT2D eigenvalue weighted by molar-refractivity contribution is -0.121. The van der Waals surface area contributed by atoms with Gasteiger partial charge in [0.15, 0.2) is 12.4 Å². The number of aryl methyl sites for hydroxylation is 2. The number of ketones is 2. The topological polar surface area (TPSA) is 80.9 Å². The lowest BCUT2D eigenvalue weighted by Gasteiger charge is -2.14. The van der Waals surface area contributed by atoms with Crippen LogP contribution in [-0.2, 0) is 16.2 Å². The average Bonchev–Trinajstić information content (AvgIpc) is 3.32. The van der Waals surface area contributed by atoms with Gasteiger partial charge < -0.3 is 14.5 Å². The molecule has 0 aliphatic heterocycles. The summed E-state index contributed by atoms with van der Waals surface area (Å²) in [5.74, 6) is 0.159. The Morgan fingerprint density at radius 1 is 0.977 bits per heavy atom. The highest BCUT2D eigenvalue weighted by Crippen LogP contribution is 2.34. The number of hydrogen-bond donors (Lipinski definition) is 1. The number of thioether (sulfide) groups is 1. The van der Waals surface area contributed by atoms with Crippen molar-refractivity contribution < 1.29 is 19.5 Å². The molecule has 0 spiro atoms.